The number of aliphatic carboxylic acids is 1. The molecule has 164 valence electrons. The molecule has 2 aromatic carbocycles. The average Bonchev–Trinajstić information content (AvgIpc) is 3.21. The molecular weight excluding hydrogens is 483 g/mol. The van der Waals surface area contributed by atoms with Crippen LogP contribution in [0.15, 0.2) is 46.9 Å². The Bertz CT molecular complexity index is 1260. The molecule has 32 heavy (non-hydrogen) atoms. The van der Waals surface area contributed by atoms with Crippen molar-refractivity contribution < 1.29 is 24.7 Å². The van der Waals surface area contributed by atoms with Gasteiger partial charge in [0.1, 0.15) is 5.71 Å². The van der Waals surface area contributed by atoms with Gasteiger partial charge in [-0.1, -0.05) is 35.3 Å². The SMILES string of the molecule is O=C(O)/C(Cc1ccc(C(=O)O)cc1[N+](=O)[O-])=N\Nc1nc(-c2ccc(Cl)c(Cl)c2)cs1. The van der Waals surface area contributed by atoms with Gasteiger partial charge in [0.15, 0.2) is 0 Å². The summed E-state index contributed by atoms with van der Waals surface area (Å²) >= 11 is 13.1. The number of carbonyl (C=O) groups is 2. The number of hydrogen-bond acceptors (Lipinski definition) is 8. The van der Waals surface area contributed by atoms with Gasteiger partial charge in [-0.05, 0) is 18.2 Å². The summed E-state index contributed by atoms with van der Waals surface area (Å²) in [5, 5.41) is 36.3. The monoisotopic (exact) mass is 494 g/mol. The molecule has 0 amide bonds. The standard InChI is InChI=1S/C19H12Cl2N4O6S/c20-12-4-3-9(5-13(12)21)15-8-32-19(22-15)24-23-14(18(28)29)6-10-1-2-11(17(26)27)7-16(10)25(30)31/h1-5,7-8H,6H2,(H,22,24)(H,26,27)(H,28,29)/b23-14-. The fourth-order valence-corrected chi connectivity index (χ4v) is 3.55. The maximum Gasteiger partial charge on any atom is 0.352 e. The van der Waals surface area contributed by atoms with Crippen LogP contribution < -0.4 is 5.43 Å². The van der Waals surface area contributed by atoms with Crippen LogP contribution in [0.25, 0.3) is 11.3 Å². The van der Waals surface area contributed by atoms with Crippen LogP contribution in [-0.4, -0.2) is 37.8 Å². The van der Waals surface area contributed by atoms with E-state index >= 15 is 0 Å². The first kappa shape index (κ1) is 23.1. The lowest BCUT2D eigenvalue weighted by molar-refractivity contribution is -0.385. The van der Waals surface area contributed by atoms with E-state index in [1.807, 2.05) is 0 Å². The van der Waals surface area contributed by atoms with Gasteiger partial charge in [-0.3, -0.25) is 15.5 Å². The molecule has 0 spiro atoms. The summed E-state index contributed by atoms with van der Waals surface area (Å²) in [6.45, 7) is 0. The quantitative estimate of drug-likeness (QED) is 0.228. The van der Waals surface area contributed by atoms with Gasteiger partial charge in [-0.15, -0.1) is 11.3 Å². The zero-order valence-corrected chi connectivity index (χ0v) is 18.1. The summed E-state index contributed by atoms with van der Waals surface area (Å²) in [6, 6.07) is 8.19. The lowest BCUT2D eigenvalue weighted by Gasteiger charge is -2.05. The molecule has 0 saturated heterocycles. The van der Waals surface area contributed by atoms with E-state index < -0.39 is 34.7 Å². The highest BCUT2D eigenvalue weighted by molar-refractivity contribution is 7.14. The Morgan fingerprint density at radius 2 is 1.91 bits per heavy atom. The van der Waals surface area contributed by atoms with Crippen LogP contribution in [0, 0.1) is 10.1 Å². The summed E-state index contributed by atoms with van der Waals surface area (Å²) in [7, 11) is 0. The normalized spacial score (nSPS) is 11.2. The lowest BCUT2D eigenvalue weighted by Crippen LogP contribution is -2.18. The average molecular weight is 495 g/mol. The summed E-state index contributed by atoms with van der Waals surface area (Å²) in [5.41, 5.74) is 2.55. The van der Waals surface area contributed by atoms with Gasteiger partial charge in [0.05, 0.1) is 26.2 Å². The molecule has 1 heterocycles. The van der Waals surface area contributed by atoms with Gasteiger partial charge in [0.25, 0.3) is 5.69 Å². The molecule has 3 N–H and O–H groups in total. The number of benzene rings is 2. The molecule has 0 aliphatic carbocycles. The van der Waals surface area contributed by atoms with Crippen molar-refractivity contribution >= 4 is 63.0 Å². The molecule has 3 rings (SSSR count). The van der Waals surface area contributed by atoms with Crippen LogP contribution in [-0.2, 0) is 11.2 Å². The molecule has 0 atom stereocenters. The highest BCUT2D eigenvalue weighted by Gasteiger charge is 2.21. The number of hydrogen-bond donors (Lipinski definition) is 3. The van der Waals surface area contributed by atoms with Gasteiger partial charge in [0.2, 0.25) is 5.13 Å². The van der Waals surface area contributed by atoms with E-state index in [1.54, 1.807) is 23.6 Å². The van der Waals surface area contributed by atoms with Crippen molar-refractivity contribution in [2.75, 3.05) is 5.43 Å². The highest BCUT2D eigenvalue weighted by atomic mass is 35.5. The number of halogens is 2. The minimum absolute atomic E-state index is 0.00131. The molecule has 0 unspecified atom stereocenters. The van der Waals surface area contributed by atoms with Gasteiger partial charge < -0.3 is 10.2 Å². The number of aromatic nitrogens is 1. The van der Waals surface area contributed by atoms with Crippen LogP contribution in [0.4, 0.5) is 10.8 Å². The fourth-order valence-electron chi connectivity index (χ4n) is 2.59. The zero-order valence-electron chi connectivity index (χ0n) is 15.8. The predicted molar refractivity (Wildman–Crippen MR) is 120 cm³/mol. The lowest BCUT2D eigenvalue weighted by atomic mass is 10.0. The number of hydrazone groups is 1. The first-order valence-electron chi connectivity index (χ1n) is 8.63. The predicted octanol–water partition coefficient (Wildman–Crippen LogP) is 4.82. The number of anilines is 1. The molecule has 3 aromatic rings. The van der Waals surface area contributed by atoms with Crippen LogP contribution in [0.3, 0.4) is 0 Å². The van der Waals surface area contributed by atoms with Crippen molar-refractivity contribution in [3.8, 4) is 11.3 Å². The summed E-state index contributed by atoms with van der Waals surface area (Å²) < 4.78 is 0. The number of nitro benzene ring substituents is 1. The zero-order chi connectivity index (χ0) is 23.4. The largest absolute Gasteiger partial charge is 0.478 e. The maximum absolute atomic E-state index is 11.6. The Labute approximate surface area is 193 Å². The molecule has 0 fully saturated rings. The topological polar surface area (TPSA) is 155 Å². The number of thiazole rings is 1. The van der Waals surface area contributed by atoms with E-state index in [9.17, 15) is 24.8 Å². The van der Waals surface area contributed by atoms with Crippen LogP contribution in [0.2, 0.25) is 10.0 Å². The van der Waals surface area contributed by atoms with E-state index in [0.717, 1.165) is 23.5 Å². The van der Waals surface area contributed by atoms with Crippen molar-refractivity contribution in [2.24, 2.45) is 5.10 Å². The summed E-state index contributed by atoms with van der Waals surface area (Å²) in [4.78, 5) is 37.5. The second-order valence-electron chi connectivity index (χ2n) is 6.22. The number of nitrogens with one attached hydrogen (secondary N) is 1. The number of rotatable bonds is 8. The van der Waals surface area contributed by atoms with Crippen LogP contribution in [0.1, 0.15) is 15.9 Å². The number of nitrogens with zero attached hydrogens (tertiary/aromatic N) is 3. The molecule has 0 radical (unpaired) electrons. The molecule has 0 saturated carbocycles. The molecule has 0 aliphatic rings. The summed E-state index contributed by atoms with van der Waals surface area (Å²) in [6.07, 6.45) is -0.413. The number of nitro groups is 1. The van der Waals surface area contributed by atoms with Crippen molar-refractivity contribution in [1.82, 2.24) is 4.98 Å². The molecule has 13 heteroatoms. The van der Waals surface area contributed by atoms with E-state index in [1.165, 1.54) is 6.07 Å². The van der Waals surface area contributed by atoms with Gasteiger partial charge >= 0.3 is 11.9 Å². The third kappa shape index (κ3) is 5.38. The second kappa shape index (κ2) is 9.73. The van der Waals surface area contributed by atoms with E-state index in [-0.39, 0.29) is 16.3 Å². The first-order valence-corrected chi connectivity index (χ1v) is 10.3. The Morgan fingerprint density at radius 1 is 1.16 bits per heavy atom. The molecule has 10 nitrogen and oxygen atoms in total. The Balaban J connectivity index is 1.83. The van der Waals surface area contributed by atoms with Gasteiger partial charge in [0, 0.05) is 29.0 Å². The second-order valence-corrected chi connectivity index (χ2v) is 7.90. The first-order chi connectivity index (χ1) is 15.2. The minimum atomic E-state index is -1.41. The molecular formula is C19H12Cl2N4O6S. The Kier molecular flexibility index (Phi) is 7.03. The van der Waals surface area contributed by atoms with Crippen molar-refractivity contribution in [3.63, 3.8) is 0 Å². The minimum Gasteiger partial charge on any atom is -0.478 e. The van der Waals surface area contributed by atoms with Crippen molar-refractivity contribution in [2.45, 2.75) is 6.42 Å². The molecule has 1 aromatic heterocycles. The van der Waals surface area contributed by atoms with Crippen LogP contribution in [0.5, 0.6) is 0 Å². The van der Waals surface area contributed by atoms with Gasteiger partial charge in [-0.2, -0.15) is 5.10 Å². The highest BCUT2D eigenvalue weighted by Crippen LogP contribution is 2.30. The smallest absolute Gasteiger partial charge is 0.352 e. The Hall–Kier alpha value is -3.54. The molecule has 0 aliphatic heterocycles. The van der Waals surface area contributed by atoms with Crippen molar-refractivity contribution in [1.29, 1.82) is 0 Å². The van der Waals surface area contributed by atoms with Crippen LogP contribution >= 0.6 is 34.5 Å². The third-order valence-corrected chi connectivity index (χ3v) is 5.63. The molecule has 0 bridgehead atoms. The maximum atomic E-state index is 11.6. The van der Waals surface area contributed by atoms with E-state index in [0.29, 0.717) is 21.3 Å². The van der Waals surface area contributed by atoms with E-state index in [4.69, 9.17) is 28.3 Å². The summed E-state index contributed by atoms with van der Waals surface area (Å²) in [5.74, 6) is -2.75. The fraction of sp³-hybridized carbons (Fsp3) is 0.0526. The van der Waals surface area contributed by atoms with Gasteiger partial charge in [-0.25, -0.2) is 14.6 Å². The number of aromatic carboxylic acids is 1. The number of carboxylic acid groups (broad SMARTS) is 2. The number of carboxylic acids is 2. The third-order valence-electron chi connectivity index (χ3n) is 4.14. The van der Waals surface area contributed by atoms with Crippen molar-refractivity contribution in [3.05, 3.63) is 73.1 Å². The van der Waals surface area contributed by atoms with E-state index in [2.05, 4.69) is 15.5 Å². The Morgan fingerprint density at radius 3 is 2.53 bits per heavy atom.